The van der Waals surface area contributed by atoms with Crippen LogP contribution < -0.4 is 10.1 Å². The van der Waals surface area contributed by atoms with Crippen molar-refractivity contribution < 1.29 is 22.7 Å². The average Bonchev–Trinajstić information content (AvgIpc) is 3.40. The maximum atomic E-state index is 12.9. The summed E-state index contributed by atoms with van der Waals surface area (Å²) in [5, 5.41) is 4.64. The molecule has 1 aliphatic rings. The van der Waals surface area contributed by atoms with Gasteiger partial charge in [0.15, 0.2) is 0 Å². The van der Waals surface area contributed by atoms with Crippen LogP contribution in [0.4, 0.5) is 13.2 Å². The lowest BCUT2D eigenvalue weighted by atomic mass is 10.1. The van der Waals surface area contributed by atoms with E-state index in [4.69, 9.17) is 4.74 Å². The number of carbonyl (C=O) groups is 1. The summed E-state index contributed by atoms with van der Waals surface area (Å²) in [7, 11) is 1.62. The fraction of sp³-hybridized carbons (Fsp3) is 0.304. The van der Waals surface area contributed by atoms with Crippen molar-refractivity contribution in [3.8, 4) is 5.75 Å². The predicted molar refractivity (Wildman–Crippen MR) is 120 cm³/mol. The van der Waals surface area contributed by atoms with Gasteiger partial charge in [-0.15, -0.1) is 11.8 Å². The minimum Gasteiger partial charge on any atom is -0.497 e. The third-order valence-corrected chi connectivity index (χ3v) is 6.35. The number of carbonyl (C=O) groups excluding carboxylic acids is 1. The first kappa shape index (κ1) is 22.3. The SMILES string of the molecule is COc1ccc2[nH]cc(CCNC(=O)[C@@H]3CSC(Cc4cccc(C(F)(F)F)c4)=N3)c2c1. The summed E-state index contributed by atoms with van der Waals surface area (Å²) in [6, 6.07) is 10.5. The molecule has 0 saturated heterocycles. The number of nitrogens with zero attached hydrogens (tertiary/aromatic N) is 1. The van der Waals surface area contributed by atoms with E-state index in [9.17, 15) is 18.0 Å². The van der Waals surface area contributed by atoms with Crippen molar-refractivity contribution >= 4 is 33.6 Å². The van der Waals surface area contributed by atoms with Crippen LogP contribution in [0.2, 0.25) is 0 Å². The van der Waals surface area contributed by atoms with Crippen molar-refractivity contribution in [2.45, 2.75) is 25.1 Å². The molecule has 0 fully saturated rings. The van der Waals surface area contributed by atoms with Crippen molar-refractivity contribution in [2.24, 2.45) is 4.99 Å². The number of aromatic amines is 1. The molecule has 2 N–H and O–H groups in total. The highest BCUT2D eigenvalue weighted by atomic mass is 32.2. The maximum Gasteiger partial charge on any atom is 0.416 e. The Morgan fingerprint density at radius 2 is 2.12 bits per heavy atom. The summed E-state index contributed by atoms with van der Waals surface area (Å²) in [5.74, 6) is 1.09. The zero-order valence-corrected chi connectivity index (χ0v) is 18.1. The zero-order chi connectivity index (χ0) is 22.7. The van der Waals surface area contributed by atoms with Crippen molar-refractivity contribution in [3.05, 3.63) is 65.4 Å². The van der Waals surface area contributed by atoms with E-state index in [0.29, 0.717) is 29.3 Å². The van der Waals surface area contributed by atoms with Gasteiger partial charge in [-0.05, 0) is 41.8 Å². The molecule has 9 heteroatoms. The Morgan fingerprint density at radius 3 is 2.91 bits per heavy atom. The fourth-order valence-corrected chi connectivity index (χ4v) is 4.66. The lowest BCUT2D eigenvalue weighted by molar-refractivity contribution is -0.137. The molecule has 32 heavy (non-hydrogen) atoms. The number of benzene rings is 2. The number of hydrogen-bond donors (Lipinski definition) is 2. The van der Waals surface area contributed by atoms with Gasteiger partial charge in [0.2, 0.25) is 5.91 Å². The normalized spacial score (nSPS) is 16.2. The Bertz CT molecular complexity index is 1160. The standard InChI is InChI=1S/C23H22F3N3O2S/c1-31-17-5-6-19-18(11-17)15(12-28-19)7-8-27-22(30)20-13-32-21(29-20)10-14-3-2-4-16(9-14)23(24,25)26/h2-6,9,11-12,20,28H,7-8,10,13H2,1H3,(H,27,30)/t20-/m0/s1. The first-order valence-corrected chi connectivity index (χ1v) is 11.1. The predicted octanol–water partition coefficient (Wildman–Crippen LogP) is 4.61. The van der Waals surface area contributed by atoms with Gasteiger partial charge in [0.05, 0.1) is 17.7 Å². The van der Waals surface area contributed by atoms with E-state index in [2.05, 4.69) is 15.3 Å². The molecule has 0 bridgehead atoms. The van der Waals surface area contributed by atoms with Crippen LogP contribution >= 0.6 is 11.8 Å². The Morgan fingerprint density at radius 1 is 1.28 bits per heavy atom. The molecule has 1 aliphatic heterocycles. The molecule has 5 nitrogen and oxygen atoms in total. The minimum absolute atomic E-state index is 0.172. The van der Waals surface area contributed by atoms with Gasteiger partial charge in [-0.25, -0.2) is 0 Å². The lowest BCUT2D eigenvalue weighted by Gasteiger charge is -2.08. The number of thioether (sulfide) groups is 1. The van der Waals surface area contributed by atoms with Crippen LogP contribution in [0.15, 0.2) is 53.7 Å². The number of H-pyrrole nitrogens is 1. The highest BCUT2D eigenvalue weighted by Crippen LogP contribution is 2.30. The second-order valence-electron chi connectivity index (χ2n) is 7.49. The van der Waals surface area contributed by atoms with Gasteiger partial charge >= 0.3 is 6.18 Å². The molecule has 0 spiro atoms. The molecule has 0 unspecified atom stereocenters. The molecule has 1 atom stereocenters. The Balaban J connectivity index is 1.32. The van der Waals surface area contributed by atoms with Crippen LogP contribution in [0.25, 0.3) is 10.9 Å². The monoisotopic (exact) mass is 461 g/mol. The van der Waals surface area contributed by atoms with E-state index < -0.39 is 17.8 Å². The number of fused-ring (bicyclic) bond motifs is 1. The maximum absolute atomic E-state index is 12.9. The van der Waals surface area contributed by atoms with Gasteiger partial charge in [0.25, 0.3) is 0 Å². The second-order valence-corrected chi connectivity index (χ2v) is 8.58. The van der Waals surface area contributed by atoms with Gasteiger partial charge in [-0.2, -0.15) is 13.2 Å². The van der Waals surface area contributed by atoms with E-state index >= 15 is 0 Å². The zero-order valence-electron chi connectivity index (χ0n) is 17.3. The molecule has 4 rings (SSSR count). The molecule has 2 aromatic carbocycles. The molecule has 0 saturated carbocycles. The van der Waals surface area contributed by atoms with Crippen molar-refractivity contribution in [2.75, 3.05) is 19.4 Å². The summed E-state index contributed by atoms with van der Waals surface area (Å²) in [4.78, 5) is 20.2. The Kier molecular flexibility index (Phi) is 6.45. The average molecular weight is 462 g/mol. The number of aromatic nitrogens is 1. The van der Waals surface area contributed by atoms with Crippen molar-refractivity contribution in [1.29, 1.82) is 0 Å². The number of nitrogens with one attached hydrogen (secondary N) is 2. The van der Waals surface area contributed by atoms with Crippen LogP contribution in [-0.2, 0) is 23.8 Å². The summed E-state index contributed by atoms with van der Waals surface area (Å²) in [6.45, 7) is 0.461. The largest absolute Gasteiger partial charge is 0.497 e. The van der Waals surface area contributed by atoms with Crippen molar-refractivity contribution in [1.82, 2.24) is 10.3 Å². The van der Waals surface area contributed by atoms with Crippen LogP contribution in [0, 0.1) is 0 Å². The van der Waals surface area contributed by atoms with Gasteiger partial charge in [0.1, 0.15) is 11.8 Å². The number of amides is 1. The minimum atomic E-state index is -4.38. The van der Waals surface area contributed by atoms with Crippen LogP contribution in [-0.4, -0.2) is 41.4 Å². The fourth-order valence-electron chi connectivity index (χ4n) is 3.62. The highest BCUT2D eigenvalue weighted by Gasteiger charge is 2.31. The van der Waals surface area contributed by atoms with E-state index in [0.717, 1.165) is 34.3 Å². The van der Waals surface area contributed by atoms with E-state index in [1.54, 1.807) is 13.2 Å². The third kappa shape index (κ3) is 5.09. The number of hydrogen-bond acceptors (Lipinski definition) is 4. The second kappa shape index (κ2) is 9.28. The third-order valence-electron chi connectivity index (χ3n) is 5.29. The van der Waals surface area contributed by atoms with E-state index in [1.165, 1.54) is 17.8 Å². The number of rotatable bonds is 7. The molecule has 2 heterocycles. The number of ether oxygens (including phenoxy) is 1. The number of methoxy groups -OCH3 is 1. The van der Waals surface area contributed by atoms with Crippen LogP contribution in [0.3, 0.4) is 0 Å². The Hall–Kier alpha value is -2.94. The molecule has 168 valence electrons. The topological polar surface area (TPSA) is 66.5 Å². The number of aliphatic imine (C=N–C) groups is 1. The quantitative estimate of drug-likeness (QED) is 0.540. The van der Waals surface area contributed by atoms with E-state index in [1.807, 2.05) is 24.4 Å². The molecule has 0 aliphatic carbocycles. The van der Waals surface area contributed by atoms with Crippen LogP contribution in [0.1, 0.15) is 16.7 Å². The van der Waals surface area contributed by atoms with E-state index in [-0.39, 0.29) is 12.3 Å². The molecule has 1 amide bonds. The van der Waals surface area contributed by atoms with Gasteiger partial charge in [-0.1, -0.05) is 18.2 Å². The smallest absolute Gasteiger partial charge is 0.416 e. The van der Waals surface area contributed by atoms with Gasteiger partial charge < -0.3 is 15.0 Å². The summed E-state index contributed by atoms with van der Waals surface area (Å²) in [6.07, 6.45) is -1.51. The molecule has 3 aromatic rings. The van der Waals surface area contributed by atoms with Crippen LogP contribution in [0.5, 0.6) is 5.75 Å². The summed E-state index contributed by atoms with van der Waals surface area (Å²) in [5.41, 5.74) is 1.93. The summed E-state index contributed by atoms with van der Waals surface area (Å²) < 4.78 is 44.0. The van der Waals surface area contributed by atoms with Crippen molar-refractivity contribution in [3.63, 3.8) is 0 Å². The first-order chi connectivity index (χ1) is 15.3. The van der Waals surface area contributed by atoms with Gasteiger partial charge in [0, 0.05) is 35.8 Å². The molecule has 1 aromatic heterocycles. The lowest BCUT2D eigenvalue weighted by Crippen LogP contribution is -2.35. The van der Waals surface area contributed by atoms with Gasteiger partial charge in [-0.3, -0.25) is 9.79 Å². The summed E-state index contributed by atoms with van der Waals surface area (Å²) >= 11 is 1.41. The number of halogens is 3. The first-order valence-electron chi connectivity index (χ1n) is 10.1. The number of alkyl halides is 3. The molecule has 0 radical (unpaired) electrons. The molecular formula is C23H22F3N3O2S. The molecular weight excluding hydrogens is 439 g/mol. The highest BCUT2D eigenvalue weighted by molar-refractivity contribution is 8.14. The Labute approximate surface area is 187 Å².